The van der Waals surface area contributed by atoms with Crippen LogP contribution in [0.2, 0.25) is 0 Å². The fourth-order valence-electron chi connectivity index (χ4n) is 2.58. The third kappa shape index (κ3) is 3.85. The largest absolute Gasteiger partial charge is 0.486 e. The fraction of sp³-hybridized carbons (Fsp3) is 0.278. The van der Waals surface area contributed by atoms with Crippen molar-refractivity contribution in [1.29, 1.82) is 0 Å². The second-order valence-corrected chi connectivity index (χ2v) is 5.66. The molecule has 136 valence electrons. The summed E-state index contributed by atoms with van der Waals surface area (Å²) >= 11 is 0. The van der Waals surface area contributed by atoms with Crippen LogP contribution in [0.4, 0.5) is 5.69 Å². The molecule has 2 aromatic rings. The molecule has 8 heteroatoms. The smallest absolute Gasteiger partial charge is 0.342 e. The first-order valence-electron chi connectivity index (χ1n) is 7.92. The Kier molecular flexibility index (Phi) is 4.92. The molecule has 8 nitrogen and oxygen atoms in total. The van der Waals surface area contributed by atoms with Crippen molar-refractivity contribution in [2.45, 2.75) is 13.8 Å². The summed E-state index contributed by atoms with van der Waals surface area (Å²) < 4.78 is 20.7. The lowest BCUT2D eigenvalue weighted by Crippen LogP contribution is -2.22. The lowest BCUT2D eigenvalue weighted by Gasteiger charge is -2.19. The molecule has 0 atom stereocenters. The predicted octanol–water partition coefficient (Wildman–Crippen LogP) is 1.82. The highest BCUT2D eigenvalue weighted by molar-refractivity contribution is 5.96. The average Bonchev–Trinajstić information content (AvgIpc) is 2.59. The molecule has 3 rings (SSSR count). The highest BCUT2D eigenvalue weighted by Crippen LogP contribution is 2.32. The molecule has 1 aliphatic heterocycles. The maximum Gasteiger partial charge on any atom is 0.342 e. The second-order valence-electron chi connectivity index (χ2n) is 5.66. The first-order valence-corrected chi connectivity index (χ1v) is 7.92. The van der Waals surface area contributed by atoms with Gasteiger partial charge in [-0.1, -0.05) is 0 Å². The molecule has 0 unspecified atom stereocenters. The molecule has 0 radical (unpaired) electrons. The summed E-state index contributed by atoms with van der Waals surface area (Å²) in [7, 11) is 0. The van der Waals surface area contributed by atoms with E-state index in [-0.39, 0.29) is 11.3 Å². The van der Waals surface area contributed by atoms with Crippen molar-refractivity contribution in [2.24, 2.45) is 0 Å². The maximum absolute atomic E-state index is 12.1. The molecule has 1 N–H and O–H groups in total. The van der Waals surface area contributed by atoms with Crippen molar-refractivity contribution in [1.82, 2.24) is 0 Å². The van der Waals surface area contributed by atoms with E-state index in [1.165, 1.54) is 13.0 Å². The van der Waals surface area contributed by atoms with E-state index < -0.39 is 24.1 Å². The number of hydrogen-bond acceptors (Lipinski definition) is 7. The highest BCUT2D eigenvalue weighted by Gasteiger charge is 2.18. The number of aryl methyl sites for hydroxylation is 2. The van der Waals surface area contributed by atoms with Crippen LogP contribution in [0.1, 0.15) is 21.7 Å². The number of amides is 1. The molecule has 0 saturated heterocycles. The molecular formula is C18H17NO7. The van der Waals surface area contributed by atoms with Crippen LogP contribution < -0.4 is 20.4 Å². The molecule has 0 bridgehead atoms. The Bertz CT molecular complexity index is 890. The average molecular weight is 359 g/mol. The van der Waals surface area contributed by atoms with Crippen LogP contribution in [-0.4, -0.2) is 31.7 Å². The molecule has 0 saturated carbocycles. The van der Waals surface area contributed by atoms with Crippen molar-refractivity contribution < 1.29 is 28.2 Å². The van der Waals surface area contributed by atoms with Gasteiger partial charge in [0.15, 0.2) is 18.1 Å². The number of hydrogen-bond donors (Lipinski definition) is 1. The third-order valence-electron chi connectivity index (χ3n) is 3.70. The summed E-state index contributed by atoms with van der Waals surface area (Å²) in [5.41, 5.74) is 0.508. The number of ether oxygens (including phenoxy) is 3. The predicted molar refractivity (Wildman–Crippen MR) is 90.8 cm³/mol. The number of anilines is 1. The zero-order valence-electron chi connectivity index (χ0n) is 14.3. The summed E-state index contributed by atoms with van der Waals surface area (Å²) in [6.45, 7) is 3.52. The van der Waals surface area contributed by atoms with Gasteiger partial charge in [0.2, 0.25) is 0 Å². The van der Waals surface area contributed by atoms with Crippen molar-refractivity contribution in [3.63, 3.8) is 0 Å². The minimum absolute atomic E-state index is 0.136. The van der Waals surface area contributed by atoms with Crippen molar-refractivity contribution in [2.75, 3.05) is 25.1 Å². The van der Waals surface area contributed by atoms with E-state index in [4.69, 9.17) is 18.6 Å². The Morgan fingerprint density at radius 1 is 1.12 bits per heavy atom. The van der Waals surface area contributed by atoms with Gasteiger partial charge in [0.25, 0.3) is 5.91 Å². The van der Waals surface area contributed by atoms with Gasteiger partial charge in [0.1, 0.15) is 24.5 Å². The van der Waals surface area contributed by atoms with Crippen LogP contribution in [0.15, 0.2) is 33.5 Å². The van der Waals surface area contributed by atoms with Crippen LogP contribution in [-0.2, 0) is 9.53 Å². The summed E-state index contributed by atoms with van der Waals surface area (Å²) in [6.07, 6.45) is 0. The molecular weight excluding hydrogens is 342 g/mol. The number of carbonyl (C=O) groups excluding carboxylic acids is 2. The van der Waals surface area contributed by atoms with Gasteiger partial charge in [0, 0.05) is 17.8 Å². The Labute approximate surface area is 148 Å². The SMILES string of the molecule is Cc1cc(=O)oc(C)c1C(=O)OCC(=O)Nc1ccc2c(c1)OCCO2. The van der Waals surface area contributed by atoms with E-state index in [0.29, 0.717) is 36.0 Å². The lowest BCUT2D eigenvalue weighted by molar-refractivity contribution is -0.119. The van der Waals surface area contributed by atoms with Gasteiger partial charge < -0.3 is 23.9 Å². The third-order valence-corrected chi connectivity index (χ3v) is 3.70. The zero-order valence-corrected chi connectivity index (χ0v) is 14.3. The van der Waals surface area contributed by atoms with E-state index in [1.807, 2.05) is 0 Å². The van der Waals surface area contributed by atoms with Crippen molar-refractivity contribution >= 4 is 17.6 Å². The number of benzene rings is 1. The number of esters is 1. The van der Waals surface area contributed by atoms with Gasteiger partial charge in [0.05, 0.1) is 0 Å². The number of rotatable bonds is 4. The van der Waals surface area contributed by atoms with Crippen LogP contribution in [0.3, 0.4) is 0 Å². The molecule has 2 heterocycles. The molecule has 1 aliphatic rings. The summed E-state index contributed by atoms with van der Waals surface area (Å²) in [4.78, 5) is 35.4. The van der Waals surface area contributed by atoms with Crippen molar-refractivity contribution in [3.8, 4) is 11.5 Å². The van der Waals surface area contributed by atoms with E-state index in [2.05, 4.69) is 5.32 Å². The molecule has 1 aromatic heterocycles. The van der Waals surface area contributed by atoms with Gasteiger partial charge in [-0.05, 0) is 31.5 Å². The minimum atomic E-state index is -0.735. The van der Waals surface area contributed by atoms with Crippen LogP contribution in [0.5, 0.6) is 11.5 Å². The van der Waals surface area contributed by atoms with Gasteiger partial charge in [-0.15, -0.1) is 0 Å². The Hall–Kier alpha value is -3.29. The molecule has 0 fully saturated rings. The number of fused-ring (bicyclic) bond motifs is 1. The first kappa shape index (κ1) is 17.5. The Morgan fingerprint density at radius 3 is 2.58 bits per heavy atom. The summed E-state index contributed by atoms with van der Waals surface area (Å²) in [5, 5.41) is 2.61. The van der Waals surface area contributed by atoms with Gasteiger partial charge in [-0.3, -0.25) is 4.79 Å². The van der Waals surface area contributed by atoms with E-state index in [0.717, 1.165) is 0 Å². The number of carbonyl (C=O) groups is 2. The van der Waals surface area contributed by atoms with Crippen LogP contribution in [0, 0.1) is 13.8 Å². The normalized spacial score (nSPS) is 12.4. The molecule has 0 spiro atoms. The van der Waals surface area contributed by atoms with Crippen LogP contribution in [0.25, 0.3) is 0 Å². The number of nitrogens with one attached hydrogen (secondary N) is 1. The molecule has 1 aromatic carbocycles. The van der Waals surface area contributed by atoms with Gasteiger partial charge in [-0.25, -0.2) is 9.59 Å². The first-order chi connectivity index (χ1) is 12.4. The van der Waals surface area contributed by atoms with Crippen molar-refractivity contribution in [3.05, 3.63) is 51.6 Å². The van der Waals surface area contributed by atoms with E-state index in [9.17, 15) is 14.4 Å². The van der Waals surface area contributed by atoms with Gasteiger partial charge in [-0.2, -0.15) is 0 Å². The Balaban J connectivity index is 1.61. The lowest BCUT2D eigenvalue weighted by atomic mass is 10.1. The molecule has 1 amide bonds. The van der Waals surface area contributed by atoms with Gasteiger partial charge >= 0.3 is 11.6 Å². The second kappa shape index (κ2) is 7.30. The maximum atomic E-state index is 12.1. The monoisotopic (exact) mass is 359 g/mol. The highest BCUT2D eigenvalue weighted by atomic mass is 16.6. The fourth-order valence-corrected chi connectivity index (χ4v) is 2.58. The van der Waals surface area contributed by atoms with E-state index >= 15 is 0 Å². The zero-order chi connectivity index (χ0) is 18.7. The molecule has 26 heavy (non-hydrogen) atoms. The summed E-state index contributed by atoms with van der Waals surface area (Å²) in [5.74, 6) is 0.0462. The summed E-state index contributed by atoms with van der Waals surface area (Å²) in [6, 6.07) is 6.18. The molecule has 0 aliphatic carbocycles. The topological polar surface area (TPSA) is 104 Å². The quantitative estimate of drug-likeness (QED) is 0.830. The van der Waals surface area contributed by atoms with Crippen LogP contribution >= 0.6 is 0 Å². The Morgan fingerprint density at radius 2 is 1.85 bits per heavy atom. The standard InChI is InChI=1S/C18H17NO7/c1-10-7-16(21)26-11(2)17(10)18(22)25-9-15(20)19-12-3-4-13-14(8-12)24-6-5-23-13/h3-4,7-8H,5-6,9H2,1-2H3,(H,19,20). The van der Waals surface area contributed by atoms with E-state index in [1.54, 1.807) is 25.1 Å². The minimum Gasteiger partial charge on any atom is -0.486 e.